The van der Waals surface area contributed by atoms with Gasteiger partial charge >= 0.3 is 0 Å². The minimum atomic E-state index is 0.204. The van der Waals surface area contributed by atoms with Crippen LogP contribution in [-0.4, -0.2) is 29.5 Å². The smallest absolute Gasteiger partial charge is 0.203 e. The van der Waals surface area contributed by atoms with Crippen molar-refractivity contribution in [3.05, 3.63) is 131 Å². The Hall–Kier alpha value is -4.31. The molecule has 11 heteroatoms. The quantitative estimate of drug-likeness (QED) is 0.161. The number of hydrogen-bond donors (Lipinski definition) is 0. The largest absolute Gasteiger partial charge is 0.486 e. The highest BCUT2D eigenvalue weighted by Crippen LogP contribution is 2.31. The highest BCUT2D eigenvalue weighted by molar-refractivity contribution is 7.99. The lowest BCUT2D eigenvalue weighted by molar-refractivity contribution is 0.292. The van der Waals surface area contributed by atoms with Crippen LogP contribution in [0.3, 0.4) is 0 Å². The van der Waals surface area contributed by atoms with Crippen molar-refractivity contribution >= 4 is 35.0 Å². The number of para-hydroxylation sites is 2. The van der Waals surface area contributed by atoms with Crippen LogP contribution >= 0.6 is 35.0 Å². The van der Waals surface area contributed by atoms with E-state index in [0.717, 1.165) is 11.4 Å². The van der Waals surface area contributed by atoms with E-state index >= 15 is 0 Å². The lowest BCUT2D eigenvalue weighted by Gasteiger charge is -2.13. The molecule has 0 bridgehead atoms. The van der Waals surface area contributed by atoms with Crippen molar-refractivity contribution < 1.29 is 9.47 Å². The fourth-order valence-corrected chi connectivity index (χ4v) is 5.21. The molecule has 4 aromatic carbocycles. The predicted octanol–water partition coefficient (Wildman–Crippen LogP) is 7.46. The zero-order valence-electron chi connectivity index (χ0n) is 21.5. The molecule has 6 aromatic rings. The molecule has 0 amide bonds. The second-order valence-electron chi connectivity index (χ2n) is 8.73. The van der Waals surface area contributed by atoms with Crippen molar-refractivity contribution in [3.63, 3.8) is 0 Å². The van der Waals surface area contributed by atoms with Gasteiger partial charge in [0.25, 0.3) is 0 Å². The Balaban J connectivity index is 1.32. The number of ether oxygens (including phenoxy) is 2. The third kappa shape index (κ3) is 6.38. The van der Waals surface area contributed by atoms with Gasteiger partial charge in [0.15, 0.2) is 11.6 Å². The summed E-state index contributed by atoms with van der Waals surface area (Å²) < 4.78 is 15.9. The first-order valence-electron chi connectivity index (χ1n) is 12.6. The molecular weight excluding hydrogens is 579 g/mol. The molecule has 204 valence electrons. The molecule has 0 atom stereocenters. The molecule has 2 heterocycles. The van der Waals surface area contributed by atoms with Crippen LogP contribution in [0.15, 0.2) is 120 Å². The number of rotatable bonds is 10. The third-order valence-electron chi connectivity index (χ3n) is 5.98. The molecule has 8 nitrogen and oxygen atoms in total. The van der Waals surface area contributed by atoms with Crippen molar-refractivity contribution in [1.82, 2.24) is 29.5 Å². The third-order valence-corrected chi connectivity index (χ3v) is 7.37. The Labute approximate surface area is 250 Å². The van der Waals surface area contributed by atoms with Crippen LogP contribution in [-0.2, 0) is 13.2 Å². The Morgan fingerprint density at radius 1 is 0.512 bits per heavy atom. The van der Waals surface area contributed by atoms with Gasteiger partial charge < -0.3 is 9.47 Å². The maximum Gasteiger partial charge on any atom is 0.203 e. The molecule has 2 aromatic heterocycles. The maximum atomic E-state index is 6.02. The van der Waals surface area contributed by atoms with Gasteiger partial charge in [-0.15, -0.1) is 20.4 Å². The van der Waals surface area contributed by atoms with E-state index in [-0.39, 0.29) is 13.2 Å². The molecule has 0 unspecified atom stereocenters. The SMILES string of the molecule is Clc1ccc(OCc2nnc(Sc3nnc(COc4ccc(Cl)cc4)n3-c3ccccc3)n2-c2ccccc2)cc1. The minimum Gasteiger partial charge on any atom is -0.486 e. The zero-order chi connectivity index (χ0) is 28.0. The molecule has 0 aliphatic rings. The fourth-order valence-electron chi connectivity index (χ4n) is 4.03. The summed E-state index contributed by atoms with van der Waals surface area (Å²) in [6.45, 7) is 0.408. The standard InChI is InChI=1S/C30H22Cl2N6O2S/c31-21-11-15-25(16-12-21)39-19-27-33-35-29(37(27)23-7-3-1-4-8-23)41-30-36-34-28(38(30)24-9-5-2-6-10-24)20-40-26-17-13-22(32)14-18-26/h1-18H,19-20H2. The molecule has 0 N–H and O–H groups in total. The van der Waals surface area contributed by atoms with Crippen LogP contribution in [0.25, 0.3) is 11.4 Å². The second-order valence-corrected chi connectivity index (χ2v) is 10.5. The van der Waals surface area contributed by atoms with Gasteiger partial charge in [-0.05, 0) is 84.6 Å². The first kappa shape index (κ1) is 26.9. The van der Waals surface area contributed by atoms with E-state index in [9.17, 15) is 0 Å². The molecule has 0 saturated carbocycles. The van der Waals surface area contributed by atoms with E-state index < -0.39 is 0 Å². The highest BCUT2D eigenvalue weighted by atomic mass is 35.5. The monoisotopic (exact) mass is 600 g/mol. The van der Waals surface area contributed by atoms with Gasteiger partial charge in [-0.1, -0.05) is 59.6 Å². The number of hydrogen-bond acceptors (Lipinski definition) is 7. The average Bonchev–Trinajstić information content (AvgIpc) is 3.61. The predicted molar refractivity (Wildman–Crippen MR) is 158 cm³/mol. The van der Waals surface area contributed by atoms with Crippen molar-refractivity contribution in [2.75, 3.05) is 0 Å². The average molecular weight is 602 g/mol. The van der Waals surface area contributed by atoms with Gasteiger partial charge in [0, 0.05) is 21.4 Å². The number of halogens is 2. The van der Waals surface area contributed by atoms with Crippen molar-refractivity contribution in [2.45, 2.75) is 23.5 Å². The lowest BCUT2D eigenvalue weighted by Crippen LogP contribution is -2.08. The molecule has 6 rings (SSSR count). The van der Waals surface area contributed by atoms with Gasteiger partial charge in [0.05, 0.1) is 0 Å². The summed E-state index contributed by atoms with van der Waals surface area (Å²) in [5.41, 5.74) is 1.79. The Morgan fingerprint density at radius 3 is 1.29 bits per heavy atom. The van der Waals surface area contributed by atoms with Gasteiger partial charge in [-0.3, -0.25) is 9.13 Å². The van der Waals surface area contributed by atoms with Crippen LogP contribution < -0.4 is 9.47 Å². The Morgan fingerprint density at radius 2 is 0.902 bits per heavy atom. The van der Waals surface area contributed by atoms with Gasteiger partial charge in [-0.2, -0.15) is 0 Å². The second kappa shape index (κ2) is 12.5. The minimum absolute atomic E-state index is 0.204. The topological polar surface area (TPSA) is 79.9 Å². The van der Waals surface area contributed by atoms with E-state index in [1.165, 1.54) is 11.8 Å². The molecule has 41 heavy (non-hydrogen) atoms. The summed E-state index contributed by atoms with van der Waals surface area (Å²) in [6, 6.07) is 34.1. The first-order valence-corrected chi connectivity index (χ1v) is 14.2. The maximum absolute atomic E-state index is 6.02. The summed E-state index contributed by atoms with van der Waals surface area (Å²) in [5.74, 6) is 2.62. The van der Waals surface area contributed by atoms with Crippen LogP contribution in [0.2, 0.25) is 10.0 Å². The van der Waals surface area contributed by atoms with Crippen molar-refractivity contribution in [2.24, 2.45) is 0 Å². The number of benzene rings is 4. The molecular formula is C30H22Cl2N6O2S. The summed E-state index contributed by atoms with van der Waals surface area (Å²) in [4.78, 5) is 0. The molecule has 0 aliphatic carbocycles. The molecule has 0 fully saturated rings. The molecule has 0 radical (unpaired) electrons. The zero-order valence-corrected chi connectivity index (χ0v) is 23.8. The summed E-state index contributed by atoms with van der Waals surface area (Å²) in [5, 5.41) is 20.5. The molecule has 0 spiro atoms. The van der Waals surface area contributed by atoms with E-state index in [0.29, 0.717) is 43.5 Å². The summed E-state index contributed by atoms with van der Waals surface area (Å²) in [6.07, 6.45) is 0. The summed E-state index contributed by atoms with van der Waals surface area (Å²) in [7, 11) is 0. The van der Waals surface area contributed by atoms with Crippen LogP contribution in [0.4, 0.5) is 0 Å². The highest BCUT2D eigenvalue weighted by Gasteiger charge is 2.21. The van der Waals surface area contributed by atoms with Crippen LogP contribution in [0.1, 0.15) is 11.6 Å². The van der Waals surface area contributed by atoms with Gasteiger partial charge in [0.1, 0.15) is 24.7 Å². The summed E-state index contributed by atoms with van der Waals surface area (Å²) >= 11 is 13.4. The lowest BCUT2D eigenvalue weighted by atomic mass is 10.3. The van der Waals surface area contributed by atoms with E-state index in [1.54, 1.807) is 24.3 Å². The van der Waals surface area contributed by atoms with Gasteiger partial charge in [0.2, 0.25) is 10.3 Å². The Kier molecular flexibility index (Phi) is 8.18. The van der Waals surface area contributed by atoms with E-state index in [2.05, 4.69) is 20.4 Å². The van der Waals surface area contributed by atoms with Gasteiger partial charge in [-0.25, -0.2) is 0 Å². The molecule has 0 aliphatic heterocycles. The van der Waals surface area contributed by atoms with Crippen LogP contribution in [0.5, 0.6) is 11.5 Å². The number of nitrogens with zero attached hydrogens (tertiary/aromatic N) is 6. The number of aromatic nitrogens is 6. The Bertz CT molecular complexity index is 1600. The van der Waals surface area contributed by atoms with Crippen molar-refractivity contribution in [1.29, 1.82) is 0 Å². The normalized spacial score (nSPS) is 11.0. The van der Waals surface area contributed by atoms with Crippen molar-refractivity contribution in [3.8, 4) is 22.9 Å². The first-order chi connectivity index (χ1) is 20.1. The van der Waals surface area contributed by atoms with E-state index in [4.69, 9.17) is 32.7 Å². The van der Waals surface area contributed by atoms with Crippen LogP contribution in [0, 0.1) is 0 Å². The van der Waals surface area contributed by atoms with E-state index in [1.807, 2.05) is 94.1 Å². The molecule has 0 saturated heterocycles. The fraction of sp³-hybridized carbons (Fsp3) is 0.0667.